The zero-order chi connectivity index (χ0) is 19.5. The van der Waals surface area contributed by atoms with Crippen LogP contribution < -0.4 is 0 Å². The van der Waals surface area contributed by atoms with Crippen molar-refractivity contribution in [2.45, 2.75) is 41.1 Å². The highest BCUT2D eigenvalue weighted by Crippen LogP contribution is 2.31. The van der Waals surface area contributed by atoms with E-state index in [4.69, 9.17) is 0 Å². The van der Waals surface area contributed by atoms with Crippen LogP contribution in [0, 0.1) is 0 Å². The van der Waals surface area contributed by atoms with Crippen LogP contribution in [-0.4, -0.2) is 30.8 Å². The normalized spacial score (nSPS) is 16.4. The number of hydrogen-bond acceptors (Lipinski definition) is 4. The minimum Gasteiger partial charge on any atom is -0.249 e. The summed E-state index contributed by atoms with van der Waals surface area (Å²) >= 11 is 1.26. The summed E-state index contributed by atoms with van der Waals surface area (Å²) in [6, 6.07) is 8.24. The van der Waals surface area contributed by atoms with Crippen molar-refractivity contribution < 1.29 is 21.6 Å². The van der Waals surface area contributed by atoms with Crippen LogP contribution in [0.2, 0.25) is 0 Å². The van der Waals surface area contributed by atoms with Crippen LogP contribution in [0.15, 0.2) is 52.5 Å². The Kier molecular flexibility index (Phi) is 6.12. The summed E-state index contributed by atoms with van der Waals surface area (Å²) in [5.41, 5.74) is -0.154. The fourth-order valence-corrected chi connectivity index (χ4v) is 5.10. The van der Waals surface area contributed by atoms with Gasteiger partial charge in [0.25, 0.3) is 0 Å². The van der Waals surface area contributed by atoms with E-state index in [1.807, 2.05) is 0 Å². The molecule has 4 nitrogen and oxygen atoms in total. The number of sulfonamides is 1. The average Bonchev–Trinajstić information content (AvgIpc) is 2.67. The van der Waals surface area contributed by atoms with Gasteiger partial charge in [0.05, 0.1) is 10.6 Å². The lowest BCUT2D eigenvalue weighted by atomic mass is 10.1. The lowest BCUT2D eigenvalue weighted by Gasteiger charge is -2.25. The van der Waals surface area contributed by atoms with E-state index in [2.05, 4.69) is 4.98 Å². The fourth-order valence-electron chi connectivity index (χ4n) is 2.85. The van der Waals surface area contributed by atoms with Gasteiger partial charge in [-0.3, -0.25) is 0 Å². The summed E-state index contributed by atoms with van der Waals surface area (Å²) < 4.78 is 64.9. The van der Waals surface area contributed by atoms with Crippen LogP contribution in [0.5, 0.6) is 0 Å². The fraction of sp³-hybridized carbons (Fsp3) is 0.389. The predicted molar refractivity (Wildman–Crippen MR) is 97.9 cm³/mol. The molecule has 27 heavy (non-hydrogen) atoms. The molecule has 0 spiro atoms. The highest BCUT2D eigenvalue weighted by molar-refractivity contribution is 7.98. The maximum Gasteiger partial charge on any atom is 0.416 e. The van der Waals surface area contributed by atoms with E-state index in [1.54, 1.807) is 12.1 Å². The molecule has 1 aliphatic rings. The van der Waals surface area contributed by atoms with Crippen LogP contribution in [0.1, 0.15) is 30.4 Å². The predicted octanol–water partition coefficient (Wildman–Crippen LogP) is 4.57. The van der Waals surface area contributed by atoms with E-state index in [-0.39, 0.29) is 4.90 Å². The maximum atomic E-state index is 12.8. The molecule has 1 fully saturated rings. The number of halogens is 3. The molecule has 2 aromatic rings. The van der Waals surface area contributed by atoms with Gasteiger partial charge in [0.1, 0.15) is 4.90 Å². The maximum absolute atomic E-state index is 12.8. The molecule has 1 aromatic heterocycles. The number of piperidine rings is 1. The SMILES string of the molecule is O=S(=O)(c1ccc(SCc2cccc(C(F)(F)F)c2)nc1)N1CCCCC1. The Morgan fingerprint density at radius 3 is 2.44 bits per heavy atom. The first kappa shape index (κ1) is 20.2. The van der Waals surface area contributed by atoms with E-state index in [0.29, 0.717) is 29.4 Å². The van der Waals surface area contributed by atoms with Crippen LogP contribution in [0.4, 0.5) is 13.2 Å². The smallest absolute Gasteiger partial charge is 0.249 e. The number of hydrogen-bond donors (Lipinski definition) is 0. The summed E-state index contributed by atoms with van der Waals surface area (Å²) in [5.74, 6) is 0.315. The van der Waals surface area contributed by atoms with Gasteiger partial charge in [-0.1, -0.05) is 24.6 Å². The molecule has 0 unspecified atom stereocenters. The van der Waals surface area contributed by atoms with Crippen LogP contribution in [-0.2, 0) is 22.0 Å². The molecule has 0 bridgehead atoms. The first-order valence-electron chi connectivity index (χ1n) is 8.52. The summed E-state index contributed by atoms with van der Waals surface area (Å²) in [5, 5.41) is 0.560. The molecule has 0 aliphatic carbocycles. The monoisotopic (exact) mass is 416 g/mol. The molecular formula is C18H19F3N2O2S2. The minimum absolute atomic E-state index is 0.146. The van der Waals surface area contributed by atoms with E-state index in [0.717, 1.165) is 31.4 Å². The number of thioether (sulfide) groups is 1. The van der Waals surface area contributed by atoms with Crippen molar-refractivity contribution in [3.8, 4) is 0 Å². The van der Waals surface area contributed by atoms with E-state index >= 15 is 0 Å². The number of rotatable bonds is 5. The van der Waals surface area contributed by atoms with Crippen molar-refractivity contribution >= 4 is 21.8 Å². The first-order chi connectivity index (χ1) is 12.8. The Morgan fingerprint density at radius 1 is 1.07 bits per heavy atom. The van der Waals surface area contributed by atoms with Crippen molar-refractivity contribution in [1.82, 2.24) is 9.29 Å². The van der Waals surface area contributed by atoms with Gasteiger partial charge in [0.2, 0.25) is 10.0 Å². The standard InChI is InChI=1S/C18H19F3N2O2S2/c19-18(20,21)15-6-4-5-14(11-15)13-26-17-8-7-16(12-22-17)27(24,25)23-9-2-1-3-10-23/h4-8,11-12H,1-3,9-10,13H2. The van der Waals surface area contributed by atoms with Gasteiger partial charge in [-0.15, -0.1) is 11.8 Å². The third-order valence-electron chi connectivity index (χ3n) is 4.30. The van der Waals surface area contributed by atoms with Gasteiger partial charge in [-0.05, 0) is 36.6 Å². The highest BCUT2D eigenvalue weighted by Gasteiger charge is 2.30. The highest BCUT2D eigenvalue weighted by atomic mass is 32.2. The topological polar surface area (TPSA) is 50.3 Å². The van der Waals surface area contributed by atoms with Crippen molar-refractivity contribution in [2.75, 3.05) is 13.1 Å². The van der Waals surface area contributed by atoms with Gasteiger partial charge in [0.15, 0.2) is 0 Å². The molecular weight excluding hydrogens is 397 g/mol. The molecule has 3 rings (SSSR count). The Balaban J connectivity index is 1.66. The lowest BCUT2D eigenvalue weighted by molar-refractivity contribution is -0.137. The molecule has 1 aromatic carbocycles. The van der Waals surface area contributed by atoms with Crippen molar-refractivity contribution in [3.05, 3.63) is 53.7 Å². The van der Waals surface area contributed by atoms with Gasteiger partial charge in [-0.25, -0.2) is 13.4 Å². The third kappa shape index (κ3) is 5.03. The molecule has 0 radical (unpaired) electrons. The summed E-state index contributed by atoms with van der Waals surface area (Å²) in [6.45, 7) is 1.04. The van der Waals surface area contributed by atoms with Crippen molar-refractivity contribution in [3.63, 3.8) is 0 Å². The van der Waals surface area contributed by atoms with Crippen LogP contribution in [0.25, 0.3) is 0 Å². The Labute approximate surface area is 160 Å². The van der Waals surface area contributed by atoms with Crippen molar-refractivity contribution in [2.24, 2.45) is 0 Å². The van der Waals surface area contributed by atoms with E-state index < -0.39 is 21.8 Å². The Bertz CT molecular complexity index is 878. The molecule has 1 aliphatic heterocycles. The third-order valence-corrected chi connectivity index (χ3v) is 7.20. The van der Waals surface area contributed by atoms with Crippen molar-refractivity contribution in [1.29, 1.82) is 0 Å². The van der Waals surface area contributed by atoms with E-state index in [9.17, 15) is 21.6 Å². The van der Waals surface area contributed by atoms with Gasteiger partial charge in [0, 0.05) is 25.0 Å². The van der Waals surface area contributed by atoms with E-state index in [1.165, 1.54) is 34.4 Å². The molecule has 2 heterocycles. The molecule has 0 saturated carbocycles. The Morgan fingerprint density at radius 2 is 1.81 bits per heavy atom. The molecule has 9 heteroatoms. The van der Waals surface area contributed by atoms with Crippen LogP contribution in [0.3, 0.4) is 0 Å². The molecule has 0 atom stereocenters. The average molecular weight is 416 g/mol. The second-order valence-corrected chi connectivity index (χ2v) is 9.22. The van der Waals surface area contributed by atoms with Gasteiger partial charge >= 0.3 is 6.18 Å². The summed E-state index contributed by atoms with van der Waals surface area (Å²) in [4.78, 5) is 4.31. The number of aromatic nitrogens is 1. The quantitative estimate of drug-likeness (QED) is 0.670. The van der Waals surface area contributed by atoms with Crippen LogP contribution >= 0.6 is 11.8 Å². The second kappa shape index (κ2) is 8.20. The summed E-state index contributed by atoms with van der Waals surface area (Å²) in [7, 11) is -3.53. The zero-order valence-electron chi connectivity index (χ0n) is 14.4. The number of alkyl halides is 3. The first-order valence-corrected chi connectivity index (χ1v) is 10.9. The largest absolute Gasteiger partial charge is 0.416 e. The number of benzene rings is 1. The number of nitrogens with zero attached hydrogens (tertiary/aromatic N) is 2. The lowest BCUT2D eigenvalue weighted by Crippen LogP contribution is -2.35. The summed E-state index contributed by atoms with van der Waals surface area (Å²) in [6.07, 6.45) is -0.299. The van der Waals surface area contributed by atoms with Gasteiger partial charge in [-0.2, -0.15) is 17.5 Å². The molecule has 0 amide bonds. The molecule has 0 N–H and O–H groups in total. The minimum atomic E-state index is -4.37. The number of pyridine rings is 1. The Hall–Kier alpha value is -1.58. The molecule has 1 saturated heterocycles. The van der Waals surface area contributed by atoms with Gasteiger partial charge < -0.3 is 0 Å². The molecule has 146 valence electrons. The zero-order valence-corrected chi connectivity index (χ0v) is 16.1. The second-order valence-electron chi connectivity index (χ2n) is 6.28.